The van der Waals surface area contributed by atoms with E-state index in [1.54, 1.807) is 0 Å². The number of imidazole rings is 1. The van der Waals surface area contributed by atoms with E-state index in [4.69, 9.17) is 14.4 Å². The Bertz CT molecular complexity index is 3470. The summed E-state index contributed by atoms with van der Waals surface area (Å²) in [6.07, 6.45) is 3.24. The van der Waals surface area contributed by atoms with Crippen LogP contribution in [-0.4, -0.2) is 27.6 Å². The quantitative estimate of drug-likeness (QED) is 0.107. The molecule has 0 amide bonds. The monoisotopic (exact) mass is 1120 g/mol. The van der Waals surface area contributed by atoms with Crippen LogP contribution in [0.3, 0.4) is 0 Å². The first-order chi connectivity index (χ1) is 32.9. The molecule has 4 aromatic heterocycles. The van der Waals surface area contributed by atoms with Crippen molar-refractivity contribution in [3.63, 3.8) is 0 Å². The molecule has 0 atom stereocenters. The van der Waals surface area contributed by atoms with Gasteiger partial charge in [-0.15, -0.1) is 53.6 Å². The maximum Gasteiger partial charge on any atom is 0.216 e. The fourth-order valence-corrected chi connectivity index (χ4v) is 11.3. The van der Waals surface area contributed by atoms with E-state index in [1.807, 2.05) is 18.2 Å². The van der Waals surface area contributed by atoms with Gasteiger partial charge in [0.05, 0.1) is 30.5 Å². The predicted octanol–water partition coefficient (Wildman–Crippen LogP) is 16.7. The van der Waals surface area contributed by atoms with Gasteiger partial charge in [-0.25, -0.2) is 4.98 Å². The molecule has 10 rings (SSSR count). The summed E-state index contributed by atoms with van der Waals surface area (Å²) >= 11 is 0. The number of nitrogens with zero attached hydrogens (tertiary/aromatic N) is 4. The van der Waals surface area contributed by atoms with Gasteiger partial charge in [0.1, 0.15) is 0 Å². The summed E-state index contributed by atoms with van der Waals surface area (Å²) in [6, 6.07) is 52.2. The molecule has 0 aliphatic carbocycles. The molecule has 4 heterocycles. The van der Waals surface area contributed by atoms with E-state index < -0.39 is 8.07 Å². The van der Waals surface area contributed by atoms with E-state index >= 15 is 0 Å². The average molecular weight is 1120 g/mol. The average Bonchev–Trinajstić information content (AvgIpc) is 3.90. The van der Waals surface area contributed by atoms with Crippen LogP contribution >= 0.6 is 0 Å². The topological polar surface area (TPSA) is 56.7 Å². The Kier molecular flexibility index (Phi) is 14.4. The summed E-state index contributed by atoms with van der Waals surface area (Å²) in [4.78, 5) is 15.0. The number of pyridine rings is 2. The number of fused-ring (bicyclic) bond motifs is 5. The molecule has 359 valence electrons. The van der Waals surface area contributed by atoms with Crippen LogP contribution in [0.25, 0.3) is 83.3 Å². The van der Waals surface area contributed by atoms with E-state index in [9.17, 15) is 0 Å². The van der Waals surface area contributed by atoms with Gasteiger partial charge in [0, 0.05) is 48.5 Å². The fourth-order valence-electron chi connectivity index (χ4n) is 9.70. The van der Waals surface area contributed by atoms with E-state index in [-0.39, 0.29) is 37.4 Å². The molecule has 0 unspecified atom stereocenters. The molecule has 0 spiro atoms. The van der Waals surface area contributed by atoms with Crippen LogP contribution in [0, 0.1) is 25.0 Å². The second-order valence-electron chi connectivity index (χ2n) is 21.9. The molecule has 0 aliphatic rings. The Hall–Kier alpha value is -5.98. The van der Waals surface area contributed by atoms with Crippen LogP contribution < -0.4 is 5.19 Å². The third kappa shape index (κ3) is 9.99. The van der Waals surface area contributed by atoms with Crippen molar-refractivity contribution in [2.45, 2.75) is 113 Å². The largest absolute Gasteiger partial charge is 0.486 e. The van der Waals surface area contributed by atoms with E-state index in [0.29, 0.717) is 11.6 Å². The zero-order valence-corrected chi connectivity index (χ0v) is 46.6. The number of aromatic nitrogens is 4. The van der Waals surface area contributed by atoms with E-state index in [1.165, 1.54) is 49.5 Å². The van der Waals surface area contributed by atoms with Crippen LogP contribution in [0.1, 0.15) is 102 Å². The molecule has 70 heavy (non-hydrogen) atoms. The summed E-state index contributed by atoms with van der Waals surface area (Å²) in [5.41, 5.74) is 16.1. The second kappa shape index (κ2) is 20.0. The summed E-state index contributed by atoms with van der Waals surface area (Å²) in [6.45, 7) is 29.6. The summed E-state index contributed by atoms with van der Waals surface area (Å²) in [5, 5.41) is 6.07. The molecule has 0 bridgehead atoms. The zero-order chi connectivity index (χ0) is 48.9. The number of hydrogen-bond donors (Lipinski definition) is 0. The minimum atomic E-state index is -1.34. The van der Waals surface area contributed by atoms with Gasteiger partial charge in [-0.3, -0.25) is 4.98 Å². The first-order valence-electron chi connectivity index (χ1n) is 24.7. The van der Waals surface area contributed by atoms with Crippen LogP contribution in [-0.2, 0) is 31.9 Å². The maximum absolute atomic E-state index is 6.71. The van der Waals surface area contributed by atoms with Crippen molar-refractivity contribution in [2.24, 2.45) is 5.92 Å². The fraction of sp³-hybridized carbons (Fsp3) is 0.286. The van der Waals surface area contributed by atoms with Crippen LogP contribution in [0.5, 0.6) is 0 Å². The molecule has 7 heteroatoms. The van der Waals surface area contributed by atoms with Gasteiger partial charge in [-0.2, -0.15) is 0 Å². The third-order valence-corrected chi connectivity index (χ3v) is 15.4. The summed E-state index contributed by atoms with van der Waals surface area (Å²) in [5.74, 6) is 2.01. The minimum Gasteiger partial charge on any atom is -0.486 e. The van der Waals surface area contributed by atoms with Crippen molar-refractivity contribution < 1.29 is 24.5 Å². The Balaban J connectivity index is 0.000000264. The second-order valence-corrected chi connectivity index (χ2v) is 27.0. The molecule has 0 fully saturated rings. The van der Waals surface area contributed by atoms with Crippen LogP contribution in [0.15, 0.2) is 138 Å². The molecule has 0 saturated carbocycles. The Labute approximate surface area is 430 Å². The standard InChI is InChI=1S/C45H42N3O.C18H24NSi.Ir/c1-26(2)35-24-32(31-19-18-29-13-9-10-14-30(29)23-31)25-36(27(3)4)41(35)48-38-16-12-11-15-37(38)46-43(48)34-20-17-28(5)40-33-21-22-39(45(6,7)8)47-44(33)49-42(34)40;1-14(2)11-16-12-17(15-9-7-6-8-10-15)19-13-18(16)20(3,4)5;/h9-19,21-27H,1-8H3;6-9,12-14H,11H2,1-5H3;/q2*-1;. The van der Waals surface area contributed by atoms with Gasteiger partial charge in [0.2, 0.25) is 5.71 Å². The SMILES string of the molecule is CC(C)Cc1cc(-c2[c-]cccc2)ncc1[Si](C)(C)C.Cc1c[c-]c(-c2nc3ccccc3n2-c2c(C(C)C)cc(-c3ccc4ccccc4c3)cc2C(C)C)c2oc3nc(C(C)(C)C)ccc3c12.[Ir]. The molecule has 5 nitrogen and oxygen atoms in total. The number of aryl methyl sites for hydroxylation is 1. The molecular weight excluding hydrogens is 1050 g/mol. The predicted molar refractivity (Wildman–Crippen MR) is 295 cm³/mol. The number of furan rings is 1. The molecule has 0 N–H and O–H groups in total. The zero-order valence-electron chi connectivity index (χ0n) is 43.2. The Morgan fingerprint density at radius 1 is 0.714 bits per heavy atom. The Morgan fingerprint density at radius 2 is 1.40 bits per heavy atom. The van der Waals surface area contributed by atoms with Crippen LogP contribution in [0.2, 0.25) is 19.6 Å². The minimum absolute atomic E-state index is 0. The van der Waals surface area contributed by atoms with Crippen molar-refractivity contribution in [1.29, 1.82) is 0 Å². The molecule has 10 aromatic rings. The molecule has 0 saturated heterocycles. The van der Waals surface area contributed by atoms with Gasteiger partial charge in [-0.1, -0.05) is 160 Å². The summed E-state index contributed by atoms with van der Waals surface area (Å²) in [7, 11) is -1.34. The van der Waals surface area contributed by atoms with Crippen molar-refractivity contribution in [2.75, 3.05) is 0 Å². The van der Waals surface area contributed by atoms with Crippen LogP contribution in [0.4, 0.5) is 0 Å². The van der Waals surface area contributed by atoms with Gasteiger partial charge in [-0.05, 0) is 111 Å². The van der Waals surface area contributed by atoms with Crippen molar-refractivity contribution in [1.82, 2.24) is 19.5 Å². The van der Waals surface area contributed by atoms with Crippen molar-refractivity contribution in [3.8, 4) is 39.5 Å². The summed E-state index contributed by atoms with van der Waals surface area (Å²) < 4.78 is 9.08. The Morgan fingerprint density at radius 3 is 2.06 bits per heavy atom. The van der Waals surface area contributed by atoms with Gasteiger partial charge >= 0.3 is 0 Å². The van der Waals surface area contributed by atoms with Gasteiger partial charge in [0.25, 0.3) is 0 Å². The van der Waals surface area contributed by atoms with E-state index in [2.05, 4.69) is 226 Å². The first-order valence-corrected chi connectivity index (χ1v) is 28.2. The third-order valence-electron chi connectivity index (χ3n) is 13.3. The first kappa shape index (κ1) is 50.4. The van der Waals surface area contributed by atoms with E-state index in [0.717, 1.165) is 67.7 Å². The van der Waals surface area contributed by atoms with Crippen molar-refractivity contribution >= 4 is 57.1 Å². The smallest absolute Gasteiger partial charge is 0.216 e. The van der Waals surface area contributed by atoms with Gasteiger partial charge in [0.15, 0.2) is 0 Å². The number of benzene rings is 6. The van der Waals surface area contributed by atoms with Gasteiger partial charge < -0.3 is 14.0 Å². The molecule has 1 radical (unpaired) electrons. The number of rotatable bonds is 9. The maximum atomic E-state index is 6.71. The molecule has 6 aromatic carbocycles. The molecule has 0 aliphatic heterocycles. The number of para-hydroxylation sites is 2. The normalized spacial score (nSPS) is 12.1. The number of hydrogen-bond acceptors (Lipinski definition) is 4. The van der Waals surface area contributed by atoms with Crippen molar-refractivity contribution in [3.05, 3.63) is 174 Å². The molecular formula is C63H66IrN4OSi-2.